The van der Waals surface area contributed by atoms with E-state index in [-0.39, 0.29) is 5.97 Å². The lowest BCUT2D eigenvalue weighted by Gasteiger charge is -2.25. The molecule has 4 heteroatoms. The zero-order valence-corrected chi connectivity index (χ0v) is 11.4. The summed E-state index contributed by atoms with van der Waals surface area (Å²) < 4.78 is 4.99. The number of nitrogens with zero attached hydrogens (tertiary/aromatic N) is 2. The zero-order chi connectivity index (χ0) is 13.0. The summed E-state index contributed by atoms with van der Waals surface area (Å²) in [6.07, 6.45) is 3.80. The Bertz CT molecular complexity index is 317. The highest BCUT2D eigenvalue weighted by Crippen LogP contribution is 2.21. The van der Waals surface area contributed by atoms with Crippen LogP contribution in [0.4, 0.5) is 0 Å². The molecule has 2 aliphatic rings. The third-order valence-corrected chi connectivity index (χ3v) is 3.87. The van der Waals surface area contributed by atoms with Crippen molar-refractivity contribution >= 4 is 5.97 Å². The Hall–Kier alpha value is -0.870. The molecule has 2 heterocycles. The van der Waals surface area contributed by atoms with Crippen LogP contribution in [0.25, 0.3) is 0 Å². The number of hydrogen-bond acceptors (Lipinski definition) is 4. The number of esters is 1. The van der Waals surface area contributed by atoms with Gasteiger partial charge in [0.25, 0.3) is 0 Å². The number of hydrogen-bond donors (Lipinski definition) is 0. The van der Waals surface area contributed by atoms with E-state index in [0.29, 0.717) is 24.8 Å². The van der Waals surface area contributed by atoms with E-state index in [1.807, 2.05) is 6.92 Å². The van der Waals surface area contributed by atoms with Crippen molar-refractivity contribution in [1.82, 2.24) is 9.80 Å². The second-order valence-corrected chi connectivity index (χ2v) is 5.24. The summed E-state index contributed by atoms with van der Waals surface area (Å²) in [6.45, 7) is 11.3. The van der Waals surface area contributed by atoms with E-state index in [2.05, 4.69) is 16.4 Å². The van der Waals surface area contributed by atoms with Crippen LogP contribution in [0.5, 0.6) is 0 Å². The number of fused-ring (bicyclic) bond motifs is 1. The van der Waals surface area contributed by atoms with Gasteiger partial charge in [-0.1, -0.05) is 6.58 Å². The molecule has 4 nitrogen and oxygen atoms in total. The molecule has 18 heavy (non-hydrogen) atoms. The zero-order valence-electron chi connectivity index (χ0n) is 11.4. The monoisotopic (exact) mass is 252 g/mol. The van der Waals surface area contributed by atoms with Crippen LogP contribution >= 0.6 is 0 Å². The Morgan fingerprint density at radius 1 is 1.33 bits per heavy atom. The summed E-state index contributed by atoms with van der Waals surface area (Å²) in [7, 11) is 0. The van der Waals surface area contributed by atoms with Gasteiger partial charge >= 0.3 is 5.97 Å². The summed E-state index contributed by atoms with van der Waals surface area (Å²) in [4.78, 5) is 16.5. The molecular formula is C14H24N2O2. The number of carbonyl (C=O) groups excluding carboxylic acids is 1. The van der Waals surface area contributed by atoms with Crippen LogP contribution in [0.3, 0.4) is 0 Å². The van der Waals surface area contributed by atoms with Gasteiger partial charge in [-0.25, -0.2) is 4.79 Å². The first-order chi connectivity index (χ1) is 8.70. The lowest BCUT2D eigenvalue weighted by molar-refractivity contribution is -0.138. The molecule has 0 aliphatic carbocycles. The average Bonchev–Trinajstić information content (AvgIpc) is 2.69. The van der Waals surface area contributed by atoms with Gasteiger partial charge in [-0.15, -0.1) is 0 Å². The number of rotatable bonds is 4. The van der Waals surface area contributed by atoms with Crippen molar-refractivity contribution in [3.8, 4) is 0 Å². The first-order valence-electron chi connectivity index (χ1n) is 7.02. The van der Waals surface area contributed by atoms with Crippen molar-refractivity contribution < 1.29 is 9.53 Å². The average molecular weight is 252 g/mol. The van der Waals surface area contributed by atoms with E-state index >= 15 is 0 Å². The second-order valence-electron chi connectivity index (χ2n) is 5.24. The fraction of sp³-hybridized carbons (Fsp3) is 0.786. The number of carbonyl (C=O) groups is 1. The molecule has 0 spiro atoms. The first-order valence-corrected chi connectivity index (χ1v) is 7.02. The highest BCUT2D eigenvalue weighted by atomic mass is 16.5. The van der Waals surface area contributed by atoms with Gasteiger partial charge in [-0.2, -0.15) is 0 Å². The van der Waals surface area contributed by atoms with Crippen LogP contribution in [-0.2, 0) is 9.53 Å². The minimum absolute atomic E-state index is 0.245. The third kappa shape index (κ3) is 3.33. The number of ether oxygens (including phenoxy) is 1. The fourth-order valence-electron chi connectivity index (χ4n) is 2.99. The van der Waals surface area contributed by atoms with Crippen molar-refractivity contribution in [3.63, 3.8) is 0 Å². The van der Waals surface area contributed by atoms with Gasteiger partial charge in [-0.05, 0) is 45.8 Å². The van der Waals surface area contributed by atoms with Gasteiger partial charge in [0.05, 0.1) is 6.61 Å². The van der Waals surface area contributed by atoms with Crippen molar-refractivity contribution in [2.24, 2.45) is 0 Å². The molecule has 0 saturated carbocycles. The highest BCUT2D eigenvalue weighted by molar-refractivity contribution is 5.88. The Balaban J connectivity index is 1.85. The van der Waals surface area contributed by atoms with Crippen LogP contribution in [0, 0.1) is 0 Å². The van der Waals surface area contributed by atoms with Crippen molar-refractivity contribution in [1.29, 1.82) is 0 Å². The molecule has 0 aromatic rings. The molecule has 1 unspecified atom stereocenters. The Morgan fingerprint density at radius 2 is 2.11 bits per heavy atom. The summed E-state index contributed by atoms with van der Waals surface area (Å²) in [5.41, 5.74) is 0.586. The van der Waals surface area contributed by atoms with Gasteiger partial charge in [0.1, 0.15) is 0 Å². The summed E-state index contributed by atoms with van der Waals surface area (Å²) in [6, 6.07) is 0.683. The SMILES string of the molecule is C=C(CN1CCCN2CCCC2C1)C(=O)OCC. The minimum Gasteiger partial charge on any atom is -0.463 e. The van der Waals surface area contributed by atoms with Crippen molar-refractivity contribution in [2.45, 2.75) is 32.2 Å². The third-order valence-electron chi connectivity index (χ3n) is 3.87. The lowest BCUT2D eigenvalue weighted by atomic mass is 10.2. The molecule has 0 radical (unpaired) electrons. The molecule has 2 saturated heterocycles. The standard InChI is InChI=1S/C14H24N2O2/c1-3-18-14(17)12(2)10-15-7-5-9-16-8-4-6-13(16)11-15/h13H,2-11H2,1H3. The summed E-state index contributed by atoms with van der Waals surface area (Å²) in [5, 5.41) is 0. The van der Waals surface area contributed by atoms with Gasteiger partial charge in [0, 0.05) is 24.7 Å². The van der Waals surface area contributed by atoms with Crippen molar-refractivity contribution in [3.05, 3.63) is 12.2 Å². The van der Waals surface area contributed by atoms with E-state index in [0.717, 1.165) is 13.1 Å². The van der Waals surface area contributed by atoms with Gasteiger partial charge in [-0.3, -0.25) is 9.80 Å². The van der Waals surface area contributed by atoms with Gasteiger partial charge < -0.3 is 4.74 Å². The van der Waals surface area contributed by atoms with Gasteiger partial charge in [0.2, 0.25) is 0 Å². The molecule has 0 bridgehead atoms. The molecule has 0 amide bonds. The molecule has 2 rings (SSSR count). The van der Waals surface area contributed by atoms with E-state index < -0.39 is 0 Å². The van der Waals surface area contributed by atoms with Crippen LogP contribution in [0.15, 0.2) is 12.2 Å². The molecule has 1 atom stereocenters. The highest BCUT2D eigenvalue weighted by Gasteiger charge is 2.29. The molecule has 102 valence electrons. The maximum atomic E-state index is 11.6. The maximum absolute atomic E-state index is 11.6. The summed E-state index contributed by atoms with van der Waals surface area (Å²) >= 11 is 0. The molecule has 2 fully saturated rings. The lowest BCUT2D eigenvalue weighted by Crippen LogP contribution is -2.38. The topological polar surface area (TPSA) is 32.8 Å². The summed E-state index contributed by atoms with van der Waals surface area (Å²) in [5.74, 6) is -0.245. The van der Waals surface area contributed by atoms with Crippen LogP contribution in [0.1, 0.15) is 26.2 Å². The quantitative estimate of drug-likeness (QED) is 0.557. The Kier molecular flexibility index (Phi) is 4.78. The van der Waals surface area contributed by atoms with Gasteiger partial charge in [0.15, 0.2) is 0 Å². The van der Waals surface area contributed by atoms with Crippen molar-refractivity contribution in [2.75, 3.05) is 39.3 Å². The van der Waals surface area contributed by atoms with Crippen LogP contribution in [-0.4, -0.2) is 61.1 Å². The Morgan fingerprint density at radius 3 is 2.89 bits per heavy atom. The van der Waals surface area contributed by atoms with E-state index in [1.165, 1.54) is 32.4 Å². The van der Waals surface area contributed by atoms with E-state index in [1.54, 1.807) is 0 Å². The Labute approximate surface area is 110 Å². The van der Waals surface area contributed by atoms with Crippen LogP contribution < -0.4 is 0 Å². The molecule has 0 aromatic carbocycles. The molecule has 2 aliphatic heterocycles. The minimum atomic E-state index is -0.245. The predicted molar refractivity (Wildman–Crippen MR) is 71.4 cm³/mol. The predicted octanol–water partition coefficient (Wildman–Crippen LogP) is 1.28. The largest absolute Gasteiger partial charge is 0.463 e. The normalized spacial score (nSPS) is 25.5. The fourth-order valence-corrected chi connectivity index (χ4v) is 2.99. The molecule has 0 N–H and O–H groups in total. The van der Waals surface area contributed by atoms with E-state index in [9.17, 15) is 4.79 Å². The smallest absolute Gasteiger partial charge is 0.334 e. The molecular weight excluding hydrogens is 228 g/mol. The second kappa shape index (κ2) is 6.34. The van der Waals surface area contributed by atoms with Crippen LogP contribution in [0.2, 0.25) is 0 Å². The first kappa shape index (κ1) is 13.6. The maximum Gasteiger partial charge on any atom is 0.334 e. The van der Waals surface area contributed by atoms with E-state index in [4.69, 9.17) is 4.74 Å². The molecule has 0 aromatic heterocycles.